The Balaban J connectivity index is 1.18. The Labute approximate surface area is 338 Å². The van der Waals surface area contributed by atoms with Gasteiger partial charge in [0, 0.05) is 18.3 Å². The fourth-order valence-electron chi connectivity index (χ4n) is 7.05. The van der Waals surface area contributed by atoms with Crippen molar-refractivity contribution in [2.45, 2.75) is 145 Å². The van der Waals surface area contributed by atoms with Crippen molar-refractivity contribution in [2.75, 3.05) is 0 Å². The maximum atomic E-state index is 6.78. The molecule has 12 unspecified atom stereocenters. The molecular formula is C23H72O13Si15. The summed E-state index contributed by atoms with van der Waals surface area (Å²) in [7, 11) is -17.8. The van der Waals surface area contributed by atoms with Crippen LogP contribution in [0, 0.1) is 0 Å². The molecule has 0 aliphatic carbocycles. The van der Waals surface area contributed by atoms with Crippen LogP contribution in [-0.4, -0.2) is 159 Å². The predicted molar refractivity (Wildman–Crippen MR) is 245 cm³/mol. The van der Waals surface area contributed by atoms with Crippen LogP contribution in [0.4, 0.5) is 0 Å². The van der Waals surface area contributed by atoms with Crippen LogP contribution < -0.4 is 0 Å². The minimum Gasteiger partial charge on any atom is -0.446 e. The van der Waals surface area contributed by atoms with E-state index in [-0.39, 0.29) is 18.3 Å². The summed E-state index contributed by atoms with van der Waals surface area (Å²) in [6.45, 7) is 20.0. The van der Waals surface area contributed by atoms with Crippen LogP contribution in [0.3, 0.4) is 0 Å². The summed E-state index contributed by atoms with van der Waals surface area (Å²) < 4.78 is 81.6. The van der Waals surface area contributed by atoms with E-state index in [1.807, 2.05) is 0 Å². The average Bonchev–Trinajstić information content (AvgIpc) is 3.00. The monoisotopic (exact) mass is 976 g/mol. The molecule has 3 heterocycles. The highest BCUT2D eigenvalue weighted by molar-refractivity contribution is 6.80. The predicted octanol–water partition coefficient (Wildman–Crippen LogP) is -2.09. The van der Waals surface area contributed by atoms with E-state index in [9.17, 15) is 0 Å². The largest absolute Gasteiger partial charge is 0.446 e. The molecule has 0 bridgehead atoms. The third-order valence-corrected chi connectivity index (χ3v) is 51.3. The van der Waals surface area contributed by atoms with Crippen molar-refractivity contribution < 1.29 is 54.4 Å². The summed E-state index contributed by atoms with van der Waals surface area (Å²) in [5.74, 6) is 0. The first-order valence-electron chi connectivity index (χ1n) is 19.6. The van der Waals surface area contributed by atoms with E-state index in [0.717, 1.165) is 66.5 Å². The van der Waals surface area contributed by atoms with Gasteiger partial charge in [0.25, 0.3) is 47.9 Å². The van der Waals surface area contributed by atoms with Crippen molar-refractivity contribution >= 4 is 141 Å². The molecule has 3 aliphatic rings. The normalized spacial score (nSPS) is 38.9. The first-order valence-corrected chi connectivity index (χ1v) is 47.5. The van der Waals surface area contributed by atoms with Crippen LogP contribution in [0.25, 0.3) is 0 Å². The van der Waals surface area contributed by atoms with Crippen molar-refractivity contribution in [1.29, 1.82) is 0 Å². The Bertz CT molecular complexity index is 878. The molecule has 3 aliphatic heterocycles. The van der Waals surface area contributed by atoms with Crippen molar-refractivity contribution in [3.8, 4) is 0 Å². The summed E-state index contributed by atoms with van der Waals surface area (Å²) in [6.07, 6.45) is 0.770. The van der Waals surface area contributed by atoms with Crippen LogP contribution in [0.15, 0.2) is 0 Å². The summed E-state index contributed by atoms with van der Waals surface area (Å²) in [4.78, 5) is 0. The molecule has 12 atom stereocenters. The second kappa shape index (κ2) is 27.4. The quantitative estimate of drug-likeness (QED) is 0.0982. The second-order valence-corrected chi connectivity index (χ2v) is 49.2. The highest BCUT2D eigenvalue weighted by Gasteiger charge is 2.38. The zero-order valence-corrected chi connectivity index (χ0v) is 51.9. The van der Waals surface area contributed by atoms with Gasteiger partial charge in [-0.3, -0.25) is 0 Å². The third-order valence-electron chi connectivity index (χ3n) is 9.04. The lowest BCUT2D eigenvalue weighted by Gasteiger charge is -2.38. The van der Waals surface area contributed by atoms with Crippen LogP contribution in [0.1, 0.15) is 20.8 Å². The Morgan fingerprint density at radius 2 is 0.941 bits per heavy atom. The molecule has 3 saturated heterocycles. The molecule has 0 amide bonds. The topological polar surface area (TPSA) is 120 Å². The minimum absolute atomic E-state index is 0.206. The maximum Gasteiger partial charge on any atom is 0.312 e. The molecule has 0 N–H and O–H groups in total. The number of hydrogen-bond donors (Lipinski definition) is 0. The molecule has 3 rings (SSSR count). The van der Waals surface area contributed by atoms with Gasteiger partial charge in [-0.15, -0.1) is 0 Å². The lowest BCUT2D eigenvalue weighted by molar-refractivity contribution is 0.181. The molecule has 0 aromatic heterocycles. The zero-order chi connectivity index (χ0) is 37.1. The van der Waals surface area contributed by atoms with Gasteiger partial charge in [0.15, 0.2) is 26.4 Å². The Morgan fingerprint density at radius 3 is 1.39 bits per heavy atom. The fraction of sp³-hybridized carbons (Fsp3) is 1.00. The van der Waals surface area contributed by atoms with Gasteiger partial charge in [0.2, 0.25) is 0 Å². The van der Waals surface area contributed by atoms with Gasteiger partial charge in [-0.05, 0) is 127 Å². The number of hydrogen-bond acceptors (Lipinski definition) is 13. The Morgan fingerprint density at radius 1 is 0.549 bits per heavy atom. The van der Waals surface area contributed by atoms with Gasteiger partial charge in [-0.25, -0.2) is 0 Å². The molecule has 0 spiro atoms. The first-order chi connectivity index (χ1) is 24.4. The van der Waals surface area contributed by atoms with Crippen molar-refractivity contribution in [2.24, 2.45) is 0 Å². The van der Waals surface area contributed by atoms with E-state index >= 15 is 0 Å². The smallest absolute Gasteiger partial charge is 0.312 e. The third kappa shape index (κ3) is 22.5. The van der Waals surface area contributed by atoms with E-state index in [1.54, 1.807) is 0 Å². The lowest BCUT2D eigenvalue weighted by atomic mass is 10.5. The lowest BCUT2D eigenvalue weighted by Crippen LogP contribution is -2.49. The molecular weight excluding hydrogens is 906 g/mol. The second-order valence-electron chi connectivity index (χ2n) is 14.8. The van der Waals surface area contributed by atoms with Crippen LogP contribution in [-0.2, 0) is 54.4 Å². The van der Waals surface area contributed by atoms with Gasteiger partial charge in [-0.1, -0.05) is 0 Å². The molecule has 0 aromatic carbocycles. The Kier molecular flexibility index (Phi) is 25.9. The van der Waals surface area contributed by atoms with Gasteiger partial charge in [0.1, 0.15) is 39.1 Å². The molecule has 0 radical (unpaired) electrons. The van der Waals surface area contributed by atoms with E-state index < -0.39 is 141 Å². The van der Waals surface area contributed by atoms with Gasteiger partial charge in [0.05, 0.1) is 0 Å². The van der Waals surface area contributed by atoms with E-state index in [4.69, 9.17) is 54.4 Å². The molecule has 3 fully saturated rings. The average molecular weight is 978 g/mol. The van der Waals surface area contributed by atoms with Crippen LogP contribution in [0.2, 0.25) is 106 Å². The Hall–Kier alpha value is 2.73. The summed E-state index contributed by atoms with van der Waals surface area (Å²) in [5.41, 5.74) is 0. The van der Waals surface area contributed by atoms with E-state index in [0.29, 0.717) is 0 Å². The fourth-order valence-corrected chi connectivity index (χ4v) is 51.5. The van der Waals surface area contributed by atoms with Gasteiger partial charge >= 0.3 is 27.9 Å². The van der Waals surface area contributed by atoms with Gasteiger partial charge in [-0.2, -0.15) is 0 Å². The maximum absolute atomic E-state index is 6.78. The molecule has 0 saturated carbocycles. The minimum atomic E-state index is -1.88. The number of rotatable bonds is 20. The van der Waals surface area contributed by atoms with Crippen LogP contribution in [0.5, 0.6) is 0 Å². The SMILES string of the molecule is CC1C[SiH](C)O[SiH](C)O[SiH](CC[SiH2]O[SiH2]O[SiH2]CC[SiH]2OC(C)C[Si](C)(CC[SiH2]O[SiH2]O[SiH2]CC[SiH]3OC(C)C[SiH](C)O[SiH](C)O3)O[SiH](C)O2)O1. The molecule has 302 valence electrons. The van der Waals surface area contributed by atoms with E-state index in [2.05, 4.69) is 60.1 Å². The van der Waals surface area contributed by atoms with Crippen molar-refractivity contribution in [1.82, 2.24) is 0 Å². The standard InChI is InChI=1S/C23H72O13Si15/c1-21-18-43(4)31-45(6)33-48(24-21)14-10-37-27-41-28-39-12-16-50-26-23(3)20-51(9,36-47(8)35-50)17-13-40-30-42-29-38-11-15-49-25-22(2)19-44(5)32-46(7)34-49/h21-23,43-50H,10-20,37-42H2,1-9H3. The molecule has 0 aromatic rings. The highest BCUT2D eigenvalue weighted by Crippen LogP contribution is 2.27. The zero-order valence-electron chi connectivity index (χ0n) is 33.2. The van der Waals surface area contributed by atoms with E-state index in [1.165, 1.54) is 0 Å². The first kappa shape index (κ1) is 48.1. The van der Waals surface area contributed by atoms with Crippen molar-refractivity contribution in [3.63, 3.8) is 0 Å². The molecule has 51 heavy (non-hydrogen) atoms. The van der Waals surface area contributed by atoms with Crippen LogP contribution >= 0.6 is 0 Å². The summed E-state index contributed by atoms with van der Waals surface area (Å²) >= 11 is 0. The summed E-state index contributed by atoms with van der Waals surface area (Å²) in [5, 5.41) is 0. The highest BCUT2D eigenvalue weighted by atomic mass is 28.4. The van der Waals surface area contributed by atoms with Crippen molar-refractivity contribution in [3.05, 3.63) is 0 Å². The molecule has 28 heteroatoms. The van der Waals surface area contributed by atoms with Gasteiger partial charge < -0.3 is 54.4 Å². The molecule has 13 nitrogen and oxygen atoms in total. The summed E-state index contributed by atoms with van der Waals surface area (Å²) in [6, 6.07) is 12.0.